The number of piperidine rings is 1. The number of hydrogen-bond acceptors (Lipinski definition) is 4. The number of carbonyl (C=O) groups is 1. The SMILES string of the molecule is N#CNC(=N)N1CCC(n2ncc(C(=O)N3CC[C@@H](c4ccccc4C(F)(F)F)C3)c2C2CC2)CC1. The molecule has 0 bridgehead atoms. The van der Waals surface area contributed by atoms with E-state index in [-0.39, 0.29) is 41.9 Å². The van der Waals surface area contributed by atoms with E-state index in [4.69, 9.17) is 10.7 Å². The first-order valence-corrected chi connectivity index (χ1v) is 12.3. The van der Waals surface area contributed by atoms with Gasteiger partial charge in [0.1, 0.15) is 0 Å². The van der Waals surface area contributed by atoms with Crippen LogP contribution < -0.4 is 5.32 Å². The van der Waals surface area contributed by atoms with Gasteiger partial charge in [-0.2, -0.15) is 23.5 Å². The van der Waals surface area contributed by atoms with Gasteiger partial charge in [-0.3, -0.25) is 20.2 Å². The molecule has 2 aliphatic heterocycles. The number of likely N-dealkylation sites (tertiary alicyclic amines) is 2. The fourth-order valence-electron chi connectivity index (χ4n) is 5.54. The largest absolute Gasteiger partial charge is 0.416 e. The molecule has 3 heterocycles. The van der Waals surface area contributed by atoms with Crippen LogP contribution in [0.1, 0.15) is 77.2 Å². The Balaban J connectivity index is 1.31. The van der Waals surface area contributed by atoms with E-state index in [1.54, 1.807) is 23.4 Å². The van der Waals surface area contributed by atoms with Gasteiger partial charge in [-0.15, -0.1) is 0 Å². The minimum Gasteiger partial charge on any atom is -0.342 e. The second kappa shape index (κ2) is 9.48. The van der Waals surface area contributed by atoms with Gasteiger partial charge in [0.05, 0.1) is 29.1 Å². The van der Waals surface area contributed by atoms with Gasteiger partial charge < -0.3 is 9.80 Å². The molecule has 8 nitrogen and oxygen atoms in total. The van der Waals surface area contributed by atoms with Gasteiger partial charge >= 0.3 is 6.18 Å². The first-order valence-electron chi connectivity index (χ1n) is 12.3. The normalized spacial score (nSPS) is 20.9. The minimum absolute atomic E-state index is 0.0883. The van der Waals surface area contributed by atoms with Crippen molar-refractivity contribution in [3.8, 4) is 6.19 Å². The smallest absolute Gasteiger partial charge is 0.342 e. The lowest BCUT2D eigenvalue weighted by Gasteiger charge is -2.33. The molecule has 2 saturated heterocycles. The topological polar surface area (TPSA) is 101 Å². The Morgan fingerprint density at radius 3 is 2.42 bits per heavy atom. The summed E-state index contributed by atoms with van der Waals surface area (Å²) in [7, 11) is 0. The van der Waals surface area contributed by atoms with Crippen molar-refractivity contribution in [2.24, 2.45) is 0 Å². The zero-order chi connectivity index (χ0) is 25.4. The van der Waals surface area contributed by atoms with Crippen molar-refractivity contribution in [1.82, 2.24) is 24.9 Å². The molecule has 1 atom stereocenters. The predicted molar refractivity (Wildman–Crippen MR) is 125 cm³/mol. The highest BCUT2D eigenvalue weighted by molar-refractivity contribution is 5.95. The summed E-state index contributed by atoms with van der Waals surface area (Å²) in [5.41, 5.74) is 1.12. The number of alkyl halides is 3. The molecule has 36 heavy (non-hydrogen) atoms. The van der Waals surface area contributed by atoms with Crippen LogP contribution in [0.4, 0.5) is 13.2 Å². The number of carbonyl (C=O) groups excluding carboxylic acids is 1. The summed E-state index contributed by atoms with van der Waals surface area (Å²) >= 11 is 0. The number of amides is 1. The van der Waals surface area contributed by atoms with E-state index in [0.717, 1.165) is 37.4 Å². The minimum atomic E-state index is -4.42. The third-order valence-corrected chi connectivity index (χ3v) is 7.51. The molecular weight excluding hydrogens is 471 g/mol. The highest BCUT2D eigenvalue weighted by atomic mass is 19.4. The molecule has 0 unspecified atom stereocenters. The lowest BCUT2D eigenvalue weighted by Crippen LogP contribution is -2.44. The van der Waals surface area contributed by atoms with E-state index in [1.165, 1.54) is 12.1 Å². The Morgan fingerprint density at radius 2 is 1.75 bits per heavy atom. The number of nitriles is 1. The molecule has 190 valence electrons. The van der Waals surface area contributed by atoms with E-state index >= 15 is 0 Å². The molecule has 5 rings (SSSR count). The van der Waals surface area contributed by atoms with Crippen molar-refractivity contribution in [1.29, 1.82) is 10.7 Å². The van der Waals surface area contributed by atoms with Crippen LogP contribution in [0.2, 0.25) is 0 Å². The molecular formula is C25H28F3N7O. The lowest BCUT2D eigenvalue weighted by molar-refractivity contribution is -0.138. The van der Waals surface area contributed by atoms with Gasteiger partial charge in [-0.1, -0.05) is 18.2 Å². The van der Waals surface area contributed by atoms with Crippen molar-refractivity contribution in [3.05, 3.63) is 52.8 Å². The van der Waals surface area contributed by atoms with Crippen molar-refractivity contribution < 1.29 is 18.0 Å². The van der Waals surface area contributed by atoms with Gasteiger partial charge in [-0.25, -0.2) is 0 Å². The zero-order valence-electron chi connectivity index (χ0n) is 19.8. The van der Waals surface area contributed by atoms with Crippen LogP contribution in [0.15, 0.2) is 30.5 Å². The van der Waals surface area contributed by atoms with Crippen molar-refractivity contribution >= 4 is 11.9 Å². The number of benzene rings is 1. The third-order valence-electron chi connectivity index (χ3n) is 7.51. The van der Waals surface area contributed by atoms with Crippen LogP contribution in [0.25, 0.3) is 0 Å². The number of hydrogen-bond donors (Lipinski definition) is 2. The van der Waals surface area contributed by atoms with Crippen LogP contribution in [0.5, 0.6) is 0 Å². The second-order valence-electron chi connectivity index (χ2n) is 9.79. The molecule has 1 aliphatic carbocycles. The van der Waals surface area contributed by atoms with Gasteiger partial charge in [0.15, 0.2) is 6.19 Å². The Morgan fingerprint density at radius 1 is 1.06 bits per heavy atom. The Labute approximate surface area is 207 Å². The number of rotatable bonds is 4. The molecule has 3 aliphatic rings. The number of nitrogens with zero attached hydrogens (tertiary/aromatic N) is 5. The van der Waals surface area contributed by atoms with Gasteiger partial charge in [0.2, 0.25) is 5.96 Å². The van der Waals surface area contributed by atoms with Crippen LogP contribution in [0, 0.1) is 16.9 Å². The maximum atomic E-state index is 13.5. The van der Waals surface area contributed by atoms with Crippen molar-refractivity contribution in [2.45, 2.75) is 56.2 Å². The number of halogens is 3. The standard InChI is InChI=1S/C25H28F3N7O/c26-25(27,28)21-4-2-1-3-19(21)17-7-10-34(14-17)23(36)20-13-32-35(22(20)16-5-6-16)18-8-11-33(12-9-18)24(30)31-15-29/h1-4,13,16-18H,5-12,14H2,(H2,30,31)/t17-/m1/s1. The molecule has 1 amide bonds. The predicted octanol–water partition coefficient (Wildman–Crippen LogP) is 4.05. The van der Waals surface area contributed by atoms with Crippen molar-refractivity contribution in [3.63, 3.8) is 0 Å². The number of aromatic nitrogens is 2. The summed E-state index contributed by atoms with van der Waals surface area (Å²) in [6, 6.07) is 5.74. The van der Waals surface area contributed by atoms with Crippen LogP contribution in [0.3, 0.4) is 0 Å². The number of nitrogens with one attached hydrogen (secondary N) is 2. The quantitative estimate of drug-likeness (QED) is 0.286. The van der Waals surface area contributed by atoms with E-state index in [9.17, 15) is 18.0 Å². The summed E-state index contributed by atoms with van der Waals surface area (Å²) < 4.78 is 42.6. The van der Waals surface area contributed by atoms with Gasteiger partial charge in [0, 0.05) is 38.0 Å². The Kier molecular flexibility index (Phi) is 6.36. The first-order chi connectivity index (χ1) is 17.3. The van der Waals surface area contributed by atoms with E-state index in [0.29, 0.717) is 31.6 Å². The maximum Gasteiger partial charge on any atom is 0.416 e. The fourth-order valence-corrected chi connectivity index (χ4v) is 5.54. The van der Waals surface area contributed by atoms with Crippen molar-refractivity contribution in [2.75, 3.05) is 26.2 Å². The molecule has 2 N–H and O–H groups in total. The molecule has 2 aromatic rings. The molecule has 1 aromatic carbocycles. The van der Waals surface area contributed by atoms with Crippen LogP contribution in [-0.4, -0.2) is 57.6 Å². The average molecular weight is 500 g/mol. The second-order valence-corrected chi connectivity index (χ2v) is 9.79. The molecule has 11 heteroatoms. The Hall–Kier alpha value is -3.55. The molecule has 0 spiro atoms. The fraction of sp³-hybridized carbons (Fsp3) is 0.520. The summed E-state index contributed by atoms with van der Waals surface area (Å²) in [4.78, 5) is 17.0. The lowest BCUT2D eigenvalue weighted by atomic mass is 9.93. The van der Waals surface area contributed by atoms with Gasteiger partial charge in [-0.05, 0) is 43.7 Å². The Bertz CT molecular complexity index is 1190. The summed E-state index contributed by atoms with van der Waals surface area (Å²) in [5.74, 6) is -0.154. The molecule has 1 aromatic heterocycles. The summed E-state index contributed by atoms with van der Waals surface area (Å²) in [5, 5.41) is 23.6. The van der Waals surface area contributed by atoms with E-state index in [2.05, 4.69) is 10.4 Å². The molecule has 3 fully saturated rings. The highest BCUT2D eigenvalue weighted by Gasteiger charge is 2.40. The monoisotopic (exact) mass is 499 g/mol. The third kappa shape index (κ3) is 4.64. The molecule has 1 saturated carbocycles. The summed E-state index contributed by atoms with van der Waals surface area (Å²) in [6.45, 7) is 1.89. The van der Waals surface area contributed by atoms with E-state index < -0.39 is 11.7 Å². The summed E-state index contributed by atoms with van der Waals surface area (Å²) in [6.07, 6.45) is 2.93. The zero-order valence-corrected chi connectivity index (χ0v) is 19.8. The van der Waals surface area contributed by atoms with Gasteiger partial charge in [0.25, 0.3) is 5.91 Å². The van der Waals surface area contributed by atoms with Crippen LogP contribution >= 0.6 is 0 Å². The van der Waals surface area contributed by atoms with Crippen LogP contribution in [-0.2, 0) is 6.18 Å². The number of guanidine groups is 1. The van der Waals surface area contributed by atoms with E-state index in [1.807, 2.05) is 9.58 Å². The maximum absolute atomic E-state index is 13.5. The highest BCUT2D eigenvalue weighted by Crippen LogP contribution is 2.44. The average Bonchev–Trinajstić information content (AvgIpc) is 3.41. The first kappa shape index (κ1) is 24.2. The molecule has 0 radical (unpaired) electrons.